The predicted molar refractivity (Wildman–Crippen MR) is 80.6 cm³/mol. The normalized spacial score (nSPS) is 10.0. The Hall–Kier alpha value is -2.49. The third-order valence-electron chi connectivity index (χ3n) is 3.07. The highest BCUT2D eigenvalue weighted by atomic mass is 16.5. The van der Waals surface area contributed by atoms with Gasteiger partial charge in [0.2, 0.25) is 5.78 Å². The second-order valence-corrected chi connectivity index (χ2v) is 4.30. The Morgan fingerprint density at radius 2 is 1.62 bits per heavy atom. The molecule has 2 rings (SSSR count). The lowest BCUT2D eigenvalue weighted by Crippen LogP contribution is -2.08. The topological polar surface area (TPSA) is 44.8 Å². The first-order chi connectivity index (χ1) is 10.2. The number of hydrogen-bond acceptors (Lipinski definition) is 4. The number of carbonyl (C=O) groups excluding carboxylic acids is 1. The number of benzene rings is 2. The largest absolute Gasteiger partial charge is 0.493 e. The molecule has 0 saturated heterocycles. The van der Waals surface area contributed by atoms with E-state index in [9.17, 15) is 4.79 Å². The second-order valence-electron chi connectivity index (χ2n) is 4.30. The van der Waals surface area contributed by atoms with Crippen LogP contribution in [-0.4, -0.2) is 26.6 Å². The van der Waals surface area contributed by atoms with Crippen LogP contribution in [0, 0.1) is 0 Å². The van der Waals surface area contributed by atoms with E-state index in [4.69, 9.17) is 14.2 Å². The first-order valence-electron chi connectivity index (χ1n) is 6.70. The van der Waals surface area contributed by atoms with Gasteiger partial charge in [0, 0.05) is 5.56 Å². The maximum atomic E-state index is 12.8. The molecule has 0 saturated carbocycles. The lowest BCUT2D eigenvalue weighted by atomic mass is 10.0. The van der Waals surface area contributed by atoms with Gasteiger partial charge in [-0.2, -0.15) is 0 Å². The van der Waals surface area contributed by atoms with Crippen molar-refractivity contribution >= 4 is 5.78 Å². The maximum absolute atomic E-state index is 12.8. The molecule has 2 aromatic rings. The summed E-state index contributed by atoms with van der Waals surface area (Å²) in [5.41, 5.74) is 0.954. The molecule has 0 aliphatic rings. The van der Waals surface area contributed by atoms with E-state index in [0.29, 0.717) is 35.0 Å². The van der Waals surface area contributed by atoms with Crippen molar-refractivity contribution in [3.05, 3.63) is 53.6 Å². The molecule has 110 valence electrons. The fourth-order valence-electron chi connectivity index (χ4n) is 2.13. The Balaban J connectivity index is 2.60. The van der Waals surface area contributed by atoms with E-state index in [1.165, 1.54) is 14.2 Å². The zero-order valence-corrected chi connectivity index (χ0v) is 12.4. The summed E-state index contributed by atoms with van der Waals surface area (Å²) in [5, 5.41) is 0. The van der Waals surface area contributed by atoms with E-state index >= 15 is 0 Å². The summed E-state index contributed by atoms with van der Waals surface area (Å²) in [7, 11) is 3.05. The molecule has 21 heavy (non-hydrogen) atoms. The van der Waals surface area contributed by atoms with Crippen molar-refractivity contribution < 1.29 is 19.0 Å². The molecule has 2 aromatic carbocycles. The minimum absolute atomic E-state index is 0.158. The SMILES string of the molecule is CCOc1ccc(OC)c(OC)c1C(=O)c1ccccc1. The summed E-state index contributed by atoms with van der Waals surface area (Å²) < 4.78 is 16.2. The van der Waals surface area contributed by atoms with Crippen molar-refractivity contribution in [2.45, 2.75) is 6.92 Å². The van der Waals surface area contributed by atoms with Gasteiger partial charge in [-0.15, -0.1) is 0 Å². The molecule has 0 amide bonds. The highest BCUT2D eigenvalue weighted by Crippen LogP contribution is 2.38. The molecule has 0 bridgehead atoms. The van der Waals surface area contributed by atoms with Crippen LogP contribution in [0.2, 0.25) is 0 Å². The van der Waals surface area contributed by atoms with Gasteiger partial charge < -0.3 is 14.2 Å². The third kappa shape index (κ3) is 2.99. The van der Waals surface area contributed by atoms with Gasteiger partial charge in [-0.1, -0.05) is 30.3 Å². The average Bonchev–Trinajstić information content (AvgIpc) is 2.54. The van der Waals surface area contributed by atoms with Gasteiger partial charge >= 0.3 is 0 Å². The third-order valence-corrected chi connectivity index (χ3v) is 3.07. The summed E-state index contributed by atoms with van der Waals surface area (Å²) in [6.07, 6.45) is 0. The fraction of sp³-hybridized carbons (Fsp3) is 0.235. The van der Waals surface area contributed by atoms with Crippen molar-refractivity contribution in [1.29, 1.82) is 0 Å². The Kier molecular flexibility index (Phi) is 4.82. The molecule has 0 N–H and O–H groups in total. The Bertz CT molecular complexity index is 620. The molecule has 0 radical (unpaired) electrons. The highest BCUT2D eigenvalue weighted by Gasteiger charge is 2.23. The van der Waals surface area contributed by atoms with Gasteiger partial charge in [0.15, 0.2) is 11.5 Å². The van der Waals surface area contributed by atoms with E-state index in [1.807, 2.05) is 25.1 Å². The molecule has 0 unspecified atom stereocenters. The first-order valence-corrected chi connectivity index (χ1v) is 6.70. The number of rotatable bonds is 6. The van der Waals surface area contributed by atoms with Crippen LogP contribution >= 0.6 is 0 Å². The van der Waals surface area contributed by atoms with E-state index < -0.39 is 0 Å². The lowest BCUT2D eigenvalue weighted by Gasteiger charge is -2.16. The molecule has 0 aliphatic carbocycles. The van der Waals surface area contributed by atoms with Crippen LogP contribution < -0.4 is 14.2 Å². The van der Waals surface area contributed by atoms with E-state index in [-0.39, 0.29) is 5.78 Å². The summed E-state index contributed by atoms with van der Waals surface area (Å²) in [4.78, 5) is 12.8. The molecule has 4 heteroatoms. The van der Waals surface area contributed by atoms with Gasteiger partial charge in [-0.3, -0.25) is 4.79 Å². The average molecular weight is 286 g/mol. The van der Waals surface area contributed by atoms with Crippen molar-refractivity contribution in [2.75, 3.05) is 20.8 Å². The molecule has 0 aliphatic heterocycles. The van der Waals surface area contributed by atoms with E-state index in [2.05, 4.69) is 0 Å². The number of hydrogen-bond donors (Lipinski definition) is 0. The van der Waals surface area contributed by atoms with E-state index in [0.717, 1.165) is 0 Å². The van der Waals surface area contributed by atoms with Crippen LogP contribution in [0.5, 0.6) is 17.2 Å². The number of carbonyl (C=O) groups is 1. The molecular formula is C17H18O4. The molecule has 0 aromatic heterocycles. The summed E-state index contributed by atoms with van der Waals surface area (Å²) >= 11 is 0. The maximum Gasteiger partial charge on any atom is 0.200 e. The zero-order valence-electron chi connectivity index (χ0n) is 12.4. The van der Waals surface area contributed by atoms with Crippen molar-refractivity contribution in [3.63, 3.8) is 0 Å². The van der Waals surface area contributed by atoms with Crippen LogP contribution in [0.25, 0.3) is 0 Å². The van der Waals surface area contributed by atoms with Gasteiger partial charge in [0.1, 0.15) is 11.3 Å². The van der Waals surface area contributed by atoms with Gasteiger partial charge in [-0.05, 0) is 19.1 Å². The molecule has 0 spiro atoms. The minimum Gasteiger partial charge on any atom is -0.493 e. The molecule has 0 atom stereocenters. The van der Waals surface area contributed by atoms with Gasteiger partial charge in [0.05, 0.1) is 20.8 Å². The number of ketones is 1. The van der Waals surface area contributed by atoms with Crippen molar-refractivity contribution in [1.82, 2.24) is 0 Å². The molecule has 0 fully saturated rings. The van der Waals surface area contributed by atoms with Crippen LogP contribution in [0.4, 0.5) is 0 Å². The lowest BCUT2D eigenvalue weighted by molar-refractivity contribution is 0.103. The predicted octanol–water partition coefficient (Wildman–Crippen LogP) is 3.33. The van der Waals surface area contributed by atoms with Crippen molar-refractivity contribution in [3.8, 4) is 17.2 Å². The zero-order chi connectivity index (χ0) is 15.2. The minimum atomic E-state index is -0.158. The Morgan fingerprint density at radius 3 is 2.19 bits per heavy atom. The molecule has 4 nitrogen and oxygen atoms in total. The summed E-state index contributed by atoms with van der Waals surface area (Å²) in [6, 6.07) is 12.5. The number of ether oxygens (including phenoxy) is 3. The molecule has 0 heterocycles. The van der Waals surface area contributed by atoms with Crippen molar-refractivity contribution in [2.24, 2.45) is 0 Å². The Labute approximate surface area is 124 Å². The second kappa shape index (κ2) is 6.79. The molecular weight excluding hydrogens is 268 g/mol. The quantitative estimate of drug-likeness (QED) is 0.764. The van der Waals surface area contributed by atoms with Crippen LogP contribution in [0.1, 0.15) is 22.8 Å². The van der Waals surface area contributed by atoms with Crippen LogP contribution in [0.3, 0.4) is 0 Å². The van der Waals surface area contributed by atoms with Crippen LogP contribution in [0.15, 0.2) is 42.5 Å². The number of methoxy groups -OCH3 is 2. The highest BCUT2D eigenvalue weighted by molar-refractivity contribution is 6.13. The monoisotopic (exact) mass is 286 g/mol. The van der Waals surface area contributed by atoms with Gasteiger partial charge in [0.25, 0.3) is 0 Å². The first kappa shape index (κ1) is 14.9. The van der Waals surface area contributed by atoms with Gasteiger partial charge in [-0.25, -0.2) is 0 Å². The Morgan fingerprint density at radius 1 is 0.952 bits per heavy atom. The van der Waals surface area contributed by atoms with Crippen LogP contribution in [-0.2, 0) is 0 Å². The smallest absolute Gasteiger partial charge is 0.200 e. The standard InChI is InChI=1S/C17H18O4/c1-4-21-13-10-11-14(19-2)17(20-3)15(13)16(18)12-8-6-5-7-9-12/h5-11H,4H2,1-3H3. The fourth-order valence-corrected chi connectivity index (χ4v) is 2.13. The summed E-state index contributed by atoms with van der Waals surface area (Å²) in [5.74, 6) is 1.22. The summed E-state index contributed by atoms with van der Waals surface area (Å²) in [6.45, 7) is 2.33. The van der Waals surface area contributed by atoms with E-state index in [1.54, 1.807) is 24.3 Å².